The molecule has 0 aromatic carbocycles. The number of aromatic nitrogens is 2. The van der Waals surface area contributed by atoms with Gasteiger partial charge < -0.3 is 9.30 Å². The van der Waals surface area contributed by atoms with E-state index >= 15 is 0 Å². The molecule has 0 saturated carbocycles. The molecule has 0 radical (unpaired) electrons. The minimum Gasteiger partial charge on any atom is -0.380 e. The van der Waals surface area contributed by atoms with Crippen LogP contribution in [0.2, 0.25) is 0 Å². The van der Waals surface area contributed by atoms with Crippen molar-refractivity contribution in [2.75, 3.05) is 26.5 Å². The molecule has 2 heterocycles. The van der Waals surface area contributed by atoms with Crippen molar-refractivity contribution in [3.8, 4) is 0 Å². The van der Waals surface area contributed by atoms with E-state index in [1.54, 1.807) is 6.20 Å². The maximum Gasteiger partial charge on any atom is 0.227 e. The summed E-state index contributed by atoms with van der Waals surface area (Å²) in [7, 11) is -1.26. The molecule has 0 N–H and O–H groups in total. The highest BCUT2D eigenvalue weighted by atomic mass is 32.2. The van der Waals surface area contributed by atoms with Crippen LogP contribution >= 0.6 is 0 Å². The number of likely N-dealkylation sites (N-methyl/N-ethyl adjacent to an activating group) is 1. The molecule has 0 aliphatic carbocycles. The van der Waals surface area contributed by atoms with Crippen LogP contribution in [0.4, 0.5) is 0 Å². The van der Waals surface area contributed by atoms with Gasteiger partial charge in [0.1, 0.15) is 0 Å². The second-order valence-corrected chi connectivity index (χ2v) is 8.15. The maximum absolute atomic E-state index is 11.9. The van der Waals surface area contributed by atoms with Crippen LogP contribution in [-0.4, -0.2) is 55.4 Å². The van der Waals surface area contributed by atoms with E-state index < -0.39 is 9.84 Å². The Morgan fingerprint density at radius 1 is 1.52 bits per heavy atom. The van der Waals surface area contributed by atoms with Crippen LogP contribution in [0, 0.1) is 5.92 Å². The van der Waals surface area contributed by atoms with Crippen LogP contribution < -0.4 is 0 Å². The van der Waals surface area contributed by atoms with Crippen molar-refractivity contribution in [3.05, 3.63) is 11.9 Å². The molecule has 1 unspecified atom stereocenters. The Morgan fingerprint density at radius 3 is 2.76 bits per heavy atom. The standard InChI is InChI=1S/C14H25N3O3S/c1-11(2)8-17-13(7-15-14(17)21(4,18)19)9-16(3)12-5-6-20-10-12/h7,11-12H,5-6,8-10H2,1-4H3. The summed E-state index contributed by atoms with van der Waals surface area (Å²) in [6.07, 6.45) is 3.92. The highest BCUT2D eigenvalue weighted by molar-refractivity contribution is 7.90. The van der Waals surface area contributed by atoms with Crippen molar-refractivity contribution < 1.29 is 13.2 Å². The Balaban J connectivity index is 2.24. The third-order valence-corrected chi connectivity index (χ3v) is 4.71. The van der Waals surface area contributed by atoms with E-state index in [1.165, 1.54) is 6.26 Å². The summed E-state index contributed by atoms with van der Waals surface area (Å²) in [5.74, 6) is 0.360. The van der Waals surface area contributed by atoms with Gasteiger partial charge in [0.25, 0.3) is 0 Å². The molecule has 1 saturated heterocycles. The van der Waals surface area contributed by atoms with Gasteiger partial charge in [0.2, 0.25) is 15.0 Å². The van der Waals surface area contributed by atoms with Gasteiger partial charge in [-0.15, -0.1) is 0 Å². The molecule has 0 amide bonds. The summed E-state index contributed by atoms with van der Waals surface area (Å²) in [6, 6.07) is 0.397. The number of nitrogens with zero attached hydrogens (tertiary/aromatic N) is 3. The monoisotopic (exact) mass is 315 g/mol. The lowest BCUT2D eigenvalue weighted by atomic mass is 10.2. The molecule has 6 nitrogen and oxygen atoms in total. The first-order valence-electron chi connectivity index (χ1n) is 7.31. The molecule has 7 heteroatoms. The fraction of sp³-hybridized carbons (Fsp3) is 0.786. The summed E-state index contributed by atoms with van der Waals surface area (Å²) in [4.78, 5) is 6.35. The second kappa shape index (κ2) is 6.46. The predicted molar refractivity (Wildman–Crippen MR) is 80.9 cm³/mol. The quantitative estimate of drug-likeness (QED) is 0.788. The fourth-order valence-electron chi connectivity index (χ4n) is 2.63. The number of hydrogen-bond donors (Lipinski definition) is 0. The van der Waals surface area contributed by atoms with E-state index in [4.69, 9.17) is 4.74 Å². The zero-order chi connectivity index (χ0) is 15.6. The van der Waals surface area contributed by atoms with Crippen molar-refractivity contribution in [3.63, 3.8) is 0 Å². The Morgan fingerprint density at radius 2 is 2.24 bits per heavy atom. The molecular weight excluding hydrogens is 290 g/mol. The molecular formula is C14H25N3O3S. The lowest BCUT2D eigenvalue weighted by Crippen LogP contribution is -2.32. The molecule has 1 atom stereocenters. The third-order valence-electron chi connectivity index (χ3n) is 3.72. The van der Waals surface area contributed by atoms with Crippen LogP contribution in [0.15, 0.2) is 11.4 Å². The summed E-state index contributed by atoms with van der Waals surface area (Å²) < 4.78 is 31.0. The zero-order valence-corrected chi connectivity index (χ0v) is 14.1. The average molecular weight is 315 g/mol. The van der Waals surface area contributed by atoms with E-state index in [9.17, 15) is 8.42 Å². The van der Waals surface area contributed by atoms with Crippen LogP contribution in [0.1, 0.15) is 26.0 Å². The maximum atomic E-state index is 11.9. The fourth-order valence-corrected chi connectivity index (χ4v) is 3.47. The molecule has 1 aromatic heterocycles. The summed E-state index contributed by atoms with van der Waals surface area (Å²) in [6.45, 7) is 7.04. The van der Waals surface area contributed by atoms with Gasteiger partial charge in [0.15, 0.2) is 0 Å². The van der Waals surface area contributed by atoms with Gasteiger partial charge in [-0.05, 0) is 19.4 Å². The van der Waals surface area contributed by atoms with Gasteiger partial charge >= 0.3 is 0 Å². The zero-order valence-electron chi connectivity index (χ0n) is 13.2. The van der Waals surface area contributed by atoms with E-state index in [0.717, 1.165) is 25.3 Å². The summed E-state index contributed by atoms with van der Waals surface area (Å²) in [5, 5.41) is 0.169. The Labute approximate surface area is 127 Å². The largest absolute Gasteiger partial charge is 0.380 e. The first-order valence-corrected chi connectivity index (χ1v) is 9.20. The summed E-state index contributed by atoms with van der Waals surface area (Å²) >= 11 is 0. The van der Waals surface area contributed by atoms with E-state index in [0.29, 0.717) is 25.0 Å². The minimum absolute atomic E-state index is 0.169. The molecule has 1 fully saturated rings. The van der Waals surface area contributed by atoms with Gasteiger partial charge in [0, 0.05) is 32.0 Å². The third kappa shape index (κ3) is 4.05. The van der Waals surface area contributed by atoms with Crippen molar-refractivity contribution in [2.24, 2.45) is 5.92 Å². The highest BCUT2D eigenvalue weighted by Crippen LogP contribution is 2.18. The van der Waals surface area contributed by atoms with Gasteiger partial charge in [-0.2, -0.15) is 0 Å². The minimum atomic E-state index is -3.30. The molecule has 21 heavy (non-hydrogen) atoms. The second-order valence-electron chi connectivity index (χ2n) is 6.24. The van der Waals surface area contributed by atoms with Crippen LogP contribution in [0.3, 0.4) is 0 Å². The lowest BCUT2D eigenvalue weighted by Gasteiger charge is -2.24. The van der Waals surface area contributed by atoms with Crippen LogP contribution in [0.5, 0.6) is 0 Å². The molecule has 120 valence electrons. The van der Waals surface area contributed by atoms with Crippen LogP contribution in [0.25, 0.3) is 0 Å². The highest BCUT2D eigenvalue weighted by Gasteiger charge is 2.24. The Bertz CT molecular complexity index is 574. The number of sulfone groups is 1. The van der Waals surface area contributed by atoms with Crippen molar-refractivity contribution in [1.29, 1.82) is 0 Å². The van der Waals surface area contributed by atoms with Crippen molar-refractivity contribution >= 4 is 9.84 Å². The molecule has 2 rings (SSSR count). The van der Waals surface area contributed by atoms with Crippen LogP contribution in [-0.2, 0) is 27.7 Å². The van der Waals surface area contributed by atoms with Gasteiger partial charge in [-0.25, -0.2) is 13.4 Å². The molecule has 0 spiro atoms. The molecule has 1 aliphatic heterocycles. The normalized spacial score (nSPS) is 19.8. The predicted octanol–water partition coefficient (Wildman–Crippen LogP) is 1.16. The van der Waals surface area contributed by atoms with Gasteiger partial charge in [0.05, 0.1) is 18.5 Å². The Kier molecular flexibility index (Phi) is 5.06. The first kappa shape index (κ1) is 16.5. The topological polar surface area (TPSA) is 64.4 Å². The molecule has 1 aromatic rings. The SMILES string of the molecule is CC(C)Cn1c(CN(C)C2CCOC2)cnc1S(C)(=O)=O. The van der Waals surface area contributed by atoms with Gasteiger partial charge in [-0.1, -0.05) is 13.8 Å². The smallest absolute Gasteiger partial charge is 0.227 e. The van der Waals surface area contributed by atoms with Gasteiger partial charge in [-0.3, -0.25) is 4.90 Å². The van der Waals surface area contributed by atoms with Crippen molar-refractivity contribution in [1.82, 2.24) is 14.5 Å². The number of ether oxygens (including phenoxy) is 1. The van der Waals surface area contributed by atoms with E-state index in [1.807, 2.05) is 11.6 Å². The first-order chi connectivity index (χ1) is 9.79. The molecule has 0 bridgehead atoms. The Hall–Kier alpha value is -0.920. The molecule has 1 aliphatic rings. The summed E-state index contributed by atoms with van der Waals surface area (Å²) in [5.41, 5.74) is 0.943. The number of rotatable bonds is 6. The average Bonchev–Trinajstić information content (AvgIpc) is 2.97. The van der Waals surface area contributed by atoms with E-state index in [-0.39, 0.29) is 5.16 Å². The number of hydrogen-bond acceptors (Lipinski definition) is 5. The van der Waals surface area contributed by atoms with Crippen molar-refractivity contribution in [2.45, 2.75) is 44.6 Å². The van der Waals surface area contributed by atoms with E-state index in [2.05, 4.69) is 23.7 Å². The lowest BCUT2D eigenvalue weighted by molar-refractivity contribution is 0.154. The number of imidazole rings is 1.